The maximum absolute atomic E-state index is 12.5. The minimum atomic E-state index is -0.659. The van der Waals surface area contributed by atoms with E-state index in [0.717, 1.165) is 16.8 Å². The van der Waals surface area contributed by atoms with Gasteiger partial charge >= 0.3 is 5.97 Å². The van der Waals surface area contributed by atoms with E-state index in [1.165, 1.54) is 0 Å². The highest BCUT2D eigenvalue weighted by molar-refractivity contribution is 6.05. The van der Waals surface area contributed by atoms with E-state index >= 15 is 0 Å². The van der Waals surface area contributed by atoms with Crippen LogP contribution in [0.4, 0.5) is 11.4 Å². The number of fused-ring (bicyclic) bond motifs is 1. The average Bonchev–Trinajstić information content (AvgIpc) is 2.63. The van der Waals surface area contributed by atoms with Gasteiger partial charge in [0.15, 0.2) is 0 Å². The van der Waals surface area contributed by atoms with Gasteiger partial charge < -0.3 is 19.8 Å². The summed E-state index contributed by atoms with van der Waals surface area (Å²) in [4.78, 5) is 27.6. The van der Waals surface area contributed by atoms with E-state index in [1.54, 1.807) is 13.0 Å². The molecule has 134 valence electrons. The summed E-state index contributed by atoms with van der Waals surface area (Å²) in [6.07, 6.45) is 0. The summed E-state index contributed by atoms with van der Waals surface area (Å²) in [6.45, 7) is 4.39. The highest BCUT2D eigenvalue weighted by Gasteiger charge is 2.20. The molecule has 26 heavy (non-hydrogen) atoms. The lowest BCUT2D eigenvalue weighted by Crippen LogP contribution is -2.22. The number of nitrogens with one attached hydrogen (secondary N) is 2. The Hall–Kier alpha value is -3.28. The Kier molecular flexibility index (Phi) is 5.22. The first-order valence-corrected chi connectivity index (χ1v) is 8.46. The molecule has 0 aliphatic carbocycles. The number of rotatable bonds is 6. The molecule has 0 bridgehead atoms. The summed E-state index contributed by atoms with van der Waals surface area (Å²) in [5.41, 5.74) is 1.26. The molecule has 0 amide bonds. The number of carbonyl (C=O) groups is 1. The fourth-order valence-corrected chi connectivity index (χ4v) is 2.72. The van der Waals surface area contributed by atoms with Crippen molar-refractivity contribution in [2.45, 2.75) is 13.8 Å². The molecule has 1 heterocycles. The van der Waals surface area contributed by atoms with Crippen LogP contribution in [0, 0.1) is 0 Å². The Morgan fingerprint density at radius 1 is 1.04 bits per heavy atom. The van der Waals surface area contributed by atoms with Crippen molar-refractivity contribution >= 4 is 28.2 Å². The van der Waals surface area contributed by atoms with E-state index in [1.807, 2.05) is 49.4 Å². The largest absolute Gasteiger partial charge is 0.494 e. The van der Waals surface area contributed by atoms with Gasteiger partial charge in [0.05, 0.1) is 24.4 Å². The van der Waals surface area contributed by atoms with Crippen LogP contribution in [0.3, 0.4) is 0 Å². The van der Waals surface area contributed by atoms with Gasteiger partial charge in [-0.05, 0) is 44.2 Å². The summed E-state index contributed by atoms with van der Waals surface area (Å²) < 4.78 is 10.5. The number of anilines is 2. The number of ether oxygens (including phenoxy) is 2. The maximum atomic E-state index is 12.5. The number of pyridine rings is 1. The number of aromatic amines is 1. The molecule has 0 spiro atoms. The molecule has 0 aliphatic heterocycles. The zero-order valence-electron chi connectivity index (χ0n) is 14.7. The number of hydrogen-bond donors (Lipinski definition) is 2. The van der Waals surface area contributed by atoms with Gasteiger partial charge in [0.25, 0.3) is 5.56 Å². The third-order valence-corrected chi connectivity index (χ3v) is 3.84. The first-order valence-electron chi connectivity index (χ1n) is 8.46. The van der Waals surface area contributed by atoms with Crippen LogP contribution < -0.4 is 15.6 Å². The van der Waals surface area contributed by atoms with Gasteiger partial charge in [-0.15, -0.1) is 0 Å². The molecule has 3 rings (SSSR count). The van der Waals surface area contributed by atoms with E-state index in [4.69, 9.17) is 9.47 Å². The number of benzene rings is 2. The van der Waals surface area contributed by atoms with Gasteiger partial charge in [0.1, 0.15) is 11.3 Å². The Morgan fingerprint density at radius 3 is 2.46 bits per heavy atom. The van der Waals surface area contributed by atoms with Crippen molar-refractivity contribution < 1.29 is 14.3 Å². The monoisotopic (exact) mass is 352 g/mol. The molecule has 0 unspecified atom stereocenters. The van der Waals surface area contributed by atoms with Crippen LogP contribution >= 0.6 is 0 Å². The summed E-state index contributed by atoms with van der Waals surface area (Å²) in [5, 5.41) is 3.91. The highest BCUT2D eigenvalue weighted by Crippen LogP contribution is 2.28. The molecule has 0 saturated carbocycles. The fraction of sp³-hybridized carbons (Fsp3) is 0.200. The molecule has 0 aliphatic rings. The summed E-state index contributed by atoms with van der Waals surface area (Å²) in [6, 6.07) is 14.6. The highest BCUT2D eigenvalue weighted by atomic mass is 16.5. The van der Waals surface area contributed by atoms with Crippen LogP contribution in [-0.2, 0) is 4.74 Å². The van der Waals surface area contributed by atoms with Crippen LogP contribution in [0.2, 0.25) is 0 Å². The third kappa shape index (κ3) is 3.54. The van der Waals surface area contributed by atoms with Gasteiger partial charge in [-0.25, -0.2) is 4.79 Å². The molecular formula is C20H20N2O4. The average molecular weight is 352 g/mol. The van der Waals surface area contributed by atoms with Gasteiger partial charge in [-0.3, -0.25) is 4.79 Å². The number of para-hydroxylation sites is 1. The molecule has 6 nitrogen and oxygen atoms in total. The number of H-pyrrole nitrogens is 1. The van der Waals surface area contributed by atoms with Crippen molar-refractivity contribution in [3.8, 4) is 5.75 Å². The quantitative estimate of drug-likeness (QED) is 0.659. The molecule has 0 radical (unpaired) electrons. The van der Waals surface area contributed by atoms with Crippen molar-refractivity contribution in [2.75, 3.05) is 18.5 Å². The van der Waals surface area contributed by atoms with Gasteiger partial charge in [-0.1, -0.05) is 18.2 Å². The number of esters is 1. The van der Waals surface area contributed by atoms with Crippen LogP contribution in [0.25, 0.3) is 10.9 Å². The number of aromatic nitrogens is 1. The van der Waals surface area contributed by atoms with Gasteiger partial charge in [0.2, 0.25) is 0 Å². The van der Waals surface area contributed by atoms with Crippen molar-refractivity contribution in [1.82, 2.24) is 4.98 Å². The Morgan fingerprint density at radius 2 is 1.77 bits per heavy atom. The second kappa shape index (κ2) is 7.74. The summed E-state index contributed by atoms with van der Waals surface area (Å²) in [7, 11) is 0. The van der Waals surface area contributed by atoms with Crippen LogP contribution in [0.5, 0.6) is 5.75 Å². The topological polar surface area (TPSA) is 80.4 Å². The zero-order valence-corrected chi connectivity index (χ0v) is 14.7. The van der Waals surface area contributed by atoms with E-state index in [2.05, 4.69) is 10.3 Å². The van der Waals surface area contributed by atoms with E-state index < -0.39 is 11.5 Å². The molecule has 0 atom stereocenters. The number of carbonyl (C=O) groups excluding carboxylic acids is 1. The second-order valence-electron chi connectivity index (χ2n) is 5.55. The summed E-state index contributed by atoms with van der Waals surface area (Å²) in [5.74, 6) is 0.0902. The maximum Gasteiger partial charge on any atom is 0.345 e. The third-order valence-electron chi connectivity index (χ3n) is 3.84. The SMILES string of the molecule is CCOC(=O)c1c(Nc2ccc(OCC)cc2)c2ccccc2[nH]c1=O. The Labute approximate surface area is 150 Å². The molecule has 0 saturated heterocycles. The predicted octanol–water partition coefficient (Wildman–Crippen LogP) is 3.85. The fourth-order valence-electron chi connectivity index (χ4n) is 2.72. The first-order chi connectivity index (χ1) is 12.6. The predicted molar refractivity (Wildman–Crippen MR) is 101 cm³/mol. The van der Waals surface area contributed by atoms with Gasteiger partial charge in [-0.2, -0.15) is 0 Å². The molecule has 3 aromatic rings. The first kappa shape index (κ1) is 17.5. The van der Waals surface area contributed by atoms with E-state index in [-0.39, 0.29) is 12.2 Å². The van der Waals surface area contributed by atoms with Crippen molar-refractivity contribution in [1.29, 1.82) is 0 Å². The van der Waals surface area contributed by atoms with E-state index in [0.29, 0.717) is 17.8 Å². The van der Waals surface area contributed by atoms with Gasteiger partial charge in [0, 0.05) is 11.1 Å². The molecule has 2 aromatic carbocycles. The normalized spacial score (nSPS) is 10.5. The molecular weight excluding hydrogens is 332 g/mol. The van der Waals surface area contributed by atoms with Crippen molar-refractivity contribution in [2.24, 2.45) is 0 Å². The summed E-state index contributed by atoms with van der Waals surface area (Å²) >= 11 is 0. The standard InChI is InChI=1S/C20H20N2O4/c1-3-25-14-11-9-13(10-12-14)21-18-15-7-5-6-8-16(15)22-19(23)17(18)20(24)26-4-2/h5-12H,3-4H2,1-2H3,(H2,21,22,23). The lowest BCUT2D eigenvalue weighted by molar-refractivity contribution is 0.0525. The van der Waals surface area contributed by atoms with Crippen molar-refractivity contribution in [3.63, 3.8) is 0 Å². The van der Waals surface area contributed by atoms with Crippen LogP contribution in [0.1, 0.15) is 24.2 Å². The zero-order chi connectivity index (χ0) is 18.5. The lowest BCUT2D eigenvalue weighted by Gasteiger charge is -2.14. The Balaban J connectivity index is 2.11. The smallest absolute Gasteiger partial charge is 0.345 e. The van der Waals surface area contributed by atoms with Crippen LogP contribution in [-0.4, -0.2) is 24.2 Å². The number of hydrogen-bond acceptors (Lipinski definition) is 5. The second-order valence-corrected chi connectivity index (χ2v) is 5.55. The minimum absolute atomic E-state index is 0.0422. The molecule has 6 heteroatoms. The molecule has 0 fully saturated rings. The van der Waals surface area contributed by atoms with Crippen LogP contribution in [0.15, 0.2) is 53.3 Å². The molecule has 1 aromatic heterocycles. The molecule has 2 N–H and O–H groups in total. The minimum Gasteiger partial charge on any atom is -0.494 e. The lowest BCUT2D eigenvalue weighted by atomic mass is 10.1. The van der Waals surface area contributed by atoms with E-state index in [9.17, 15) is 9.59 Å². The van der Waals surface area contributed by atoms with Crippen molar-refractivity contribution in [3.05, 3.63) is 64.4 Å². The Bertz CT molecular complexity index is 977.